The summed E-state index contributed by atoms with van der Waals surface area (Å²) in [4.78, 5) is 18.9. The second kappa shape index (κ2) is 6.72. The van der Waals surface area contributed by atoms with Gasteiger partial charge in [-0.15, -0.1) is 0 Å². The third kappa shape index (κ3) is 4.12. The first kappa shape index (κ1) is 17.5. The van der Waals surface area contributed by atoms with Gasteiger partial charge in [0, 0.05) is 39.3 Å². The van der Waals surface area contributed by atoms with E-state index in [0.29, 0.717) is 19.1 Å². The van der Waals surface area contributed by atoms with Crippen LogP contribution in [0.2, 0.25) is 0 Å². The number of likely N-dealkylation sites (tertiary alicyclic amines) is 1. The van der Waals surface area contributed by atoms with Gasteiger partial charge in [-0.05, 0) is 34.7 Å². The van der Waals surface area contributed by atoms with Crippen LogP contribution in [0.1, 0.15) is 27.7 Å². The normalized spacial score (nSPS) is 31.5. The second-order valence-electron chi connectivity index (χ2n) is 7.55. The number of carbonyl (C=O) groups is 1. The molecule has 2 rings (SSSR count). The van der Waals surface area contributed by atoms with Gasteiger partial charge >= 0.3 is 6.09 Å². The molecule has 0 aromatic heterocycles. The largest absolute Gasteiger partial charge is 0.444 e. The number of amides is 1. The molecule has 0 saturated carbocycles. The van der Waals surface area contributed by atoms with E-state index in [1.165, 1.54) is 0 Å². The number of ether oxygens (including phenoxy) is 2. The van der Waals surface area contributed by atoms with E-state index in [9.17, 15) is 4.79 Å². The molecule has 0 radical (unpaired) electrons. The number of rotatable bonds is 2. The van der Waals surface area contributed by atoms with Crippen LogP contribution in [0.25, 0.3) is 0 Å². The monoisotopic (exact) mass is 313 g/mol. The Hall–Kier alpha value is -0.850. The summed E-state index contributed by atoms with van der Waals surface area (Å²) in [5.41, 5.74) is -0.458. The zero-order valence-electron chi connectivity index (χ0n) is 14.8. The van der Waals surface area contributed by atoms with Gasteiger partial charge in [0.1, 0.15) is 5.60 Å². The fourth-order valence-electron chi connectivity index (χ4n) is 3.19. The highest BCUT2D eigenvalue weighted by molar-refractivity contribution is 5.68. The number of likely N-dealkylation sites (N-methyl/N-ethyl adjacent to an activating group) is 1. The molecule has 0 aromatic carbocycles. The molecule has 2 heterocycles. The van der Waals surface area contributed by atoms with E-state index in [1.54, 1.807) is 12.0 Å². The van der Waals surface area contributed by atoms with E-state index < -0.39 is 5.60 Å². The van der Waals surface area contributed by atoms with Gasteiger partial charge in [0.05, 0.1) is 18.7 Å². The minimum atomic E-state index is -0.458. The molecule has 2 aliphatic heterocycles. The number of carbonyl (C=O) groups excluding carboxylic acids is 1. The van der Waals surface area contributed by atoms with Gasteiger partial charge in [-0.2, -0.15) is 0 Å². The van der Waals surface area contributed by atoms with Gasteiger partial charge in [-0.25, -0.2) is 4.79 Å². The molecule has 128 valence electrons. The predicted octanol–water partition coefficient (Wildman–Crippen LogP) is 1.26. The summed E-state index contributed by atoms with van der Waals surface area (Å²) in [6, 6.07) is 0.788. The third-order valence-electron chi connectivity index (χ3n) is 4.65. The molecular formula is C16H31N3O3. The van der Waals surface area contributed by atoms with E-state index in [4.69, 9.17) is 9.47 Å². The predicted molar refractivity (Wildman–Crippen MR) is 86.1 cm³/mol. The van der Waals surface area contributed by atoms with Crippen molar-refractivity contribution in [1.82, 2.24) is 14.7 Å². The Balaban J connectivity index is 1.99. The molecule has 2 unspecified atom stereocenters. The van der Waals surface area contributed by atoms with Gasteiger partial charge in [-0.1, -0.05) is 0 Å². The molecule has 6 nitrogen and oxygen atoms in total. The van der Waals surface area contributed by atoms with Crippen molar-refractivity contribution >= 4 is 6.09 Å². The maximum absolute atomic E-state index is 12.3. The van der Waals surface area contributed by atoms with E-state index >= 15 is 0 Å². The standard InChI is InChI=1S/C16H31N3O3/c1-12-9-18(8-7-17(12)5)13-10-19(11-14(13)21-6)15(20)22-16(2,3)4/h12-14H,7-11H2,1-6H3/t12-,13?,14?/m0/s1. The molecular weight excluding hydrogens is 282 g/mol. The minimum Gasteiger partial charge on any atom is -0.444 e. The van der Waals surface area contributed by atoms with E-state index in [1.807, 2.05) is 20.8 Å². The first-order valence-electron chi connectivity index (χ1n) is 8.16. The molecule has 2 aliphatic rings. The fraction of sp³-hybridized carbons (Fsp3) is 0.938. The Kier molecular flexibility index (Phi) is 5.35. The molecule has 0 aromatic rings. The van der Waals surface area contributed by atoms with Crippen LogP contribution in [0.5, 0.6) is 0 Å². The highest BCUT2D eigenvalue weighted by Gasteiger charge is 2.41. The summed E-state index contributed by atoms with van der Waals surface area (Å²) in [6.07, 6.45) is -0.178. The Morgan fingerprint density at radius 1 is 1.14 bits per heavy atom. The highest BCUT2D eigenvalue weighted by Crippen LogP contribution is 2.23. The SMILES string of the molecule is COC1CN(C(=O)OC(C)(C)C)CC1N1CCN(C)[C@@H](C)C1. The van der Waals surface area contributed by atoms with Gasteiger partial charge in [0.15, 0.2) is 0 Å². The molecule has 1 amide bonds. The molecule has 2 saturated heterocycles. The third-order valence-corrected chi connectivity index (χ3v) is 4.65. The number of piperazine rings is 1. The van der Waals surface area contributed by atoms with Crippen molar-refractivity contribution in [3.05, 3.63) is 0 Å². The number of hydrogen-bond donors (Lipinski definition) is 0. The highest BCUT2D eigenvalue weighted by atomic mass is 16.6. The first-order chi connectivity index (χ1) is 10.2. The Morgan fingerprint density at radius 3 is 2.36 bits per heavy atom. The first-order valence-corrected chi connectivity index (χ1v) is 8.16. The van der Waals surface area contributed by atoms with Crippen molar-refractivity contribution in [3.63, 3.8) is 0 Å². The van der Waals surface area contributed by atoms with Crippen molar-refractivity contribution in [2.24, 2.45) is 0 Å². The topological polar surface area (TPSA) is 45.2 Å². The molecule has 2 fully saturated rings. The molecule has 0 spiro atoms. The second-order valence-corrected chi connectivity index (χ2v) is 7.55. The van der Waals surface area contributed by atoms with Crippen LogP contribution >= 0.6 is 0 Å². The average Bonchev–Trinajstić information content (AvgIpc) is 2.84. The van der Waals surface area contributed by atoms with Crippen LogP contribution in [-0.4, -0.2) is 91.5 Å². The molecule has 22 heavy (non-hydrogen) atoms. The summed E-state index contributed by atoms with van der Waals surface area (Å²) in [5.74, 6) is 0. The Morgan fingerprint density at radius 2 is 1.82 bits per heavy atom. The van der Waals surface area contributed by atoms with Crippen LogP contribution in [-0.2, 0) is 9.47 Å². The maximum atomic E-state index is 12.3. The summed E-state index contributed by atoms with van der Waals surface area (Å²) >= 11 is 0. The van der Waals surface area contributed by atoms with Crippen LogP contribution in [0, 0.1) is 0 Å². The Bertz CT molecular complexity index is 397. The lowest BCUT2D eigenvalue weighted by molar-refractivity contribution is 0.00935. The molecule has 0 aliphatic carbocycles. The van der Waals surface area contributed by atoms with Gasteiger partial charge in [-0.3, -0.25) is 4.90 Å². The van der Waals surface area contributed by atoms with Crippen molar-refractivity contribution in [1.29, 1.82) is 0 Å². The van der Waals surface area contributed by atoms with Crippen LogP contribution < -0.4 is 0 Å². The van der Waals surface area contributed by atoms with E-state index in [0.717, 1.165) is 19.6 Å². The lowest BCUT2D eigenvalue weighted by Gasteiger charge is -2.41. The zero-order valence-corrected chi connectivity index (χ0v) is 14.8. The summed E-state index contributed by atoms with van der Waals surface area (Å²) in [6.45, 7) is 12.3. The quantitative estimate of drug-likeness (QED) is 0.768. The molecule has 0 bridgehead atoms. The van der Waals surface area contributed by atoms with Gasteiger partial charge in [0.2, 0.25) is 0 Å². The summed E-state index contributed by atoms with van der Waals surface area (Å²) < 4.78 is 11.1. The molecule has 0 N–H and O–H groups in total. The summed E-state index contributed by atoms with van der Waals surface area (Å²) in [7, 11) is 3.90. The van der Waals surface area contributed by atoms with Crippen LogP contribution in [0.3, 0.4) is 0 Å². The van der Waals surface area contributed by atoms with E-state index in [-0.39, 0.29) is 18.2 Å². The fourth-order valence-corrected chi connectivity index (χ4v) is 3.19. The van der Waals surface area contributed by atoms with Crippen molar-refractivity contribution < 1.29 is 14.3 Å². The van der Waals surface area contributed by atoms with Gasteiger partial charge in [0.25, 0.3) is 0 Å². The van der Waals surface area contributed by atoms with E-state index in [2.05, 4.69) is 23.8 Å². The van der Waals surface area contributed by atoms with Crippen LogP contribution in [0.15, 0.2) is 0 Å². The molecule has 6 heteroatoms. The number of hydrogen-bond acceptors (Lipinski definition) is 5. The average molecular weight is 313 g/mol. The smallest absolute Gasteiger partial charge is 0.410 e. The zero-order chi connectivity index (χ0) is 16.5. The van der Waals surface area contributed by atoms with Gasteiger partial charge < -0.3 is 19.3 Å². The summed E-state index contributed by atoms with van der Waals surface area (Å²) in [5, 5.41) is 0. The number of methoxy groups -OCH3 is 1. The molecule has 3 atom stereocenters. The van der Waals surface area contributed by atoms with Crippen LogP contribution in [0.4, 0.5) is 4.79 Å². The maximum Gasteiger partial charge on any atom is 0.410 e. The van der Waals surface area contributed by atoms with Crippen molar-refractivity contribution in [3.8, 4) is 0 Å². The minimum absolute atomic E-state index is 0.0584. The number of nitrogens with zero attached hydrogens (tertiary/aromatic N) is 3. The lowest BCUT2D eigenvalue weighted by atomic mass is 10.1. The Labute approximate surface area is 134 Å². The van der Waals surface area contributed by atoms with Crippen molar-refractivity contribution in [2.75, 3.05) is 46.9 Å². The van der Waals surface area contributed by atoms with Crippen molar-refractivity contribution in [2.45, 2.75) is 51.5 Å². The lowest BCUT2D eigenvalue weighted by Crippen LogP contribution is -2.56.